The molecule has 1 fully saturated rings. The van der Waals surface area contributed by atoms with E-state index in [1.807, 2.05) is 31.2 Å². The molecule has 1 aromatic carbocycles. The predicted octanol–water partition coefficient (Wildman–Crippen LogP) is 2.73. The Bertz CT molecular complexity index is 690. The lowest BCUT2D eigenvalue weighted by molar-refractivity contribution is -0.121. The first kappa shape index (κ1) is 17.3. The van der Waals surface area contributed by atoms with Gasteiger partial charge in [-0.3, -0.25) is 9.78 Å². The quantitative estimate of drug-likeness (QED) is 0.910. The van der Waals surface area contributed by atoms with E-state index >= 15 is 0 Å². The van der Waals surface area contributed by atoms with Crippen molar-refractivity contribution in [2.24, 2.45) is 0 Å². The highest BCUT2D eigenvalue weighted by Gasteiger charge is 2.21. The molecule has 1 N–H and O–H groups in total. The second-order valence-corrected chi connectivity index (χ2v) is 6.51. The molecule has 3 rings (SSSR count). The summed E-state index contributed by atoms with van der Waals surface area (Å²) in [5, 5.41) is 3.16. The van der Waals surface area contributed by atoms with Crippen molar-refractivity contribution in [3.8, 4) is 5.75 Å². The minimum atomic E-state index is 0.0774. The Morgan fingerprint density at radius 2 is 1.92 bits per heavy atom. The number of ether oxygens (including phenoxy) is 1. The number of benzene rings is 1. The smallest absolute Gasteiger partial charge is 0.224 e. The third kappa shape index (κ3) is 4.72. The van der Waals surface area contributed by atoms with Crippen LogP contribution in [0.3, 0.4) is 0 Å². The molecule has 2 aromatic rings. The number of methoxy groups -OCH3 is 1. The van der Waals surface area contributed by atoms with Crippen molar-refractivity contribution in [2.45, 2.75) is 32.2 Å². The van der Waals surface area contributed by atoms with Gasteiger partial charge in [0.25, 0.3) is 0 Å². The van der Waals surface area contributed by atoms with Gasteiger partial charge in [0.15, 0.2) is 0 Å². The molecule has 0 bridgehead atoms. The lowest BCUT2D eigenvalue weighted by Crippen LogP contribution is -2.45. The van der Waals surface area contributed by atoms with Crippen LogP contribution in [0.5, 0.6) is 5.75 Å². The van der Waals surface area contributed by atoms with Gasteiger partial charge in [-0.15, -0.1) is 0 Å². The first-order valence-corrected chi connectivity index (χ1v) is 8.74. The van der Waals surface area contributed by atoms with Gasteiger partial charge < -0.3 is 15.0 Å². The lowest BCUT2D eigenvalue weighted by Gasteiger charge is -2.34. The fourth-order valence-corrected chi connectivity index (χ4v) is 3.14. The summed E-state index contributed by atoms with van der Waals surface area (Å²) < 4.78 is 5.20. The summed E-state index contributed by atoms with van der Waals surface area (Å²) in [6.45, 7) is 3.84. The molecule has 1 aromatic heterocycles. The predicted molar refractivity (Wildman–Crippen MR) is 99.0 cm³/mol. The van der Waals surface area contributed by atoms with Crippen molar-refractivity contribution in [3.05, 3.63) is 53.9 Å². The molecule has 1 amide bonds. The molecule has 0 spiro atoms. The normalized spacial score (nSPS) is 15.0. The van der Waals surface area contributed by atoms with Gasteiger partial charge in [-0.05, 0) is 55.7 Å². The summed E-state index contributed by atoms with van der Waals surface area (Å²) in [5.41, 5.74) is 3.13. The molecular formula is C20H25N3O2. The topological polar surface area (TPSA) is 54.5 Å². The molecule has 1 aliphatic heterocycles. The van der Waals surface area contributed by atoms with Crippen LogP contribution in [0.1, 0.15) is 24.1 Å². The maximum atomic E-state index is 12.2. The molecule has 5 nitrogen and oxygen atoms in total. The van der Waals surface area contributed by atoms with E-state index in [1.54, 1.807) is 13.3 Å². The zero-order valence-electron chi connectivity index (χ0n) is 14.9. The number of anilines is 1. The van der Waals surface area contributed by atoms with Crippen LogP contribution in [0.25, 0.3) is 0 Å². The van der Waals surface area contributed by atoms with E-state index in [4.69, 9.17) is 4.74 Å². The SMILES string of the molecule is COc1ccc(N2CCC(NC(=O)Cc3ccc(C)nc3)CC2)cc1. The van der Waals surface area contributed by atoms with Gasteiger partial charge >= 0.3 is 0 Å². The number of hydrogen-bond donors (Lipinski definition) is 1. The average molecular weight is 339 g/mol. The van der Waals surface area contributed by atoms with Gasteiger partial charge in [0.1, 0.15) is 5.75 Å². The Morgan fingerprint density at radius 3 is 2.52 bits per heavy atom. The number of pyridine rings is 1. The van der Waals surface area contributed by atoms with E-state index in [1.165, 1.54) is 5.69 Å². The van der Waals surface area contributed by atoms with Gasteiger partial charge in [0.05, 0.1) is 13.5 Å². The highest BCUT2D eigenvalue weighted by Crippen LogP contribution is 2.22. The summed E-state index contributed by atoms with van der Waals surface area (Å²) >= 11 is 0. The molecule has 0 radical (unpaired) electrons. The zero-order valence-corrected chi connectivity index (χ0v) is 14.9. The number of amides is 1. The summed E-state index contributed by atoms with van der Waals surface area (Å²) in [6, 6.07) is 12.3. The zero-order chi connectivity index (χ0) is 17.6. The number of hydrogen-bond acceptors (Lipinski definition) is 4. The molecule has 0 atom stereocenters. The fourth-order valence-electron chi connectivity index (χ4n) is 3.14. The number of aromatic nitrogens is 1. The van der Waals surface area contributed by atoms with E-state index in [0.29, 0.717) is 6.42 Å². The summed E-state index contributed by atoms with van der Waals surface area (Å²) in [4.78, 5) is 18.8. The number of carbonyl (C=O) groups is 1. The molecule has 25 heavy (non-hydrogen) atoms. The Kier molecular flexibility index (Phi) is 5.53. The van der Waals surface area contributed by atoms with Gasteiger partial charge in [-0.25, -0.2) is 0 Å². The molecule has 2 heterocycles. The highest BCUT2D eigenvalue weighted by molar-refractivity contribution is 5.78. The Hall–Kier alpha value is -2.56. The maximum absolute atomic E-state index is 12.2. The monoisotopic (exact) mass is 339 g/mol. The molecule has 5 heteroatoms. The van der Waals surface area contributed by atoms with E-state index in [2.05, 4.69) is 27.3 Å². The first-order valence-electron chi connectivity index (χ1n) is 8.74. The van der Waals surface area contributed by atoms with Crippen molar-refractivity contribution < 1.29 is 9.53 Å². The van der Waals surface area contributed by atoms with E-state index < -0.39 is 0 Å². The number of nitrogens with zero attached hydrogens (tertiary/aromatic N) is 2. The highest BCUT2D eigenvalue weighted by atomic mass is 16.5. The molecule has 0 unspecified atom stereocenters. The van der Waals surface area contributed by atoms with Gasteiger partial charge in [0.2, 0.25) is 5.91 Å². The minimum Gasteiger partial charge on any atom is -0.497 e. The fraction of sp³-hybridized carbons (Fsp3) is 0.400. The molecule has 1 aliphatic rings. The Labute approximate surface area is 149 Å². The van der Waals surface area contributed by atoms with Crippen LogP contribution in [0, 0.1) is 6.92 Å². The molecule has 0 saturated carbocycles. The van der Waals surface area contributed by atoms with Crippen LogP contribution in [-0.2, 0) is 11.2 Å². The molecule has 0 aliphatic carbocycles. The first-order chi connectivity index (χ1) is 12.1. The summed E-state index contributed by atoms with van der Waals surface area (Å²) in [7, 11) is 1.68. The van der Waals surface area contributed by atoms with Crippen LogP contribution in [0.15, 0.2) is 42.6 Å². The minimum absolute atomic E-state index is 0.0774. The van der Waals surface area contributed by atoms with Crippen LogP contribution in [0.2, 0.25) is 0 Å². The van der Waals surface area contributed by atoms with Crippen molar-refractivity contribution >= 4 is 11.6 Å². The standard InChI is InChI=1S/C20H25N3O2/c1-15-3-4-16(14-21-15)13-20(24)22-17-9-11-23(12-10-17)18-5-7-19(25-2)8-6-18/h3-8,14,17H,9-13H2,1-2H3,(H,22,24). The van der Waals surface area contributed by atoms with E-state index in [9.17, 15) is 4.79 Å². The Morgan fingerprint density at radius 1 is 1.20 bits per heavy atom. The molecule has 132 valence electrons. The largest absolute Gasteiger partial charge is 0.497 e. The maximum Gasteiger partial charge on any atom is 0.224 e. The van der Waals surface area contributed by atoms with Gasteiger partial charge in [0, 0.05) is 36.7 Å². The summed E-state index contributed by atoms with van der Waals surface area (Å²) in [5.74, 6) is 0.949. The molecule has 1 saturated heterocycles. The van der Waals surface area contributed by atoms with Crippen molar-refractivity contribution in [3.63, 3.8) is 0 Å². The molecular weight excluding hydrogens is 314 g/mol. The lowest BCUT2D eigenvalue weighted by atomic mass is 10.0. The van der Waals surface area contributed by atoms with E-state index in [-0.39, 0.29) is 11.9 Å². The van der Waals surface area contributed by atoms with Crippen LogP contribution in [-0.4, -0.2) is 37.1 Å². The third-order valence-electron chi connectivity index (χ3n) is 4.63. The average Bonchev–Trinajstić information content (AvgIpc) is 2.64. The van der Waals surface area contributed by atoms with E-state index in [0.717, 1.165) is 42.9 Å². The van der Waals surface area contributed by atoms with Crippen LogP contribution < -0.4 is 15.0 Å². The second kappa shape index (κ2) is 8.01. The number of nitrogens with one attached hydrogen (secondary N) is 1. The number of aryl methyl sites for hydroxylation is 1. The number of rotatable bonds is 5. The van der Waals surface area contributed by atoms with Crippen molar-refractivity contribution in [2.75, 3.05) is 25.1 Å². The second-order valence-electron chi connectivity index (χ2n) is 6.51. The summed E-state index contributed by atoms with van der Waals surface area (Å²) in [6.07, 6.45) is 4.10. The number of carbonyl (C=O) groups excluding carboxylic acids is 1. The van der Waals surface area contributed by atoms with Crippen LogP contribution in [0.4, 0.5) is 5.69 Å². The Balaban J connectivity index is 1.46. The van der Waals surface area contributed by atoms with Crippen LogP contribution >= 0.6 is 0 Å². The third-order valence-corrected chi connectivity index (χ3v) is 4.63. The van der Waals surface area contributed by atoms with Crippen molar-refractivity contribution in [1.82, 2.24) is 10.3 Å². The van der Waals surface area contributed by atoms with Gasteiger partial charge in [-0.2, -0.15) is 0 Å². The van der Waals surface area contributed by atoms with Crippen molar-refractivity contribution in [1.29, 1.82) is 0 Å². The number of piperidine rings is 1. The van der Waals surface area contributed by atoms with Gasteiger partial charge in [-0.1, -0.05) is 6.07 Å².